The summed E-state index contributed by atoms with van der Waals surface area (Å²) < 4.78 is 36.1. The summed E-state index contributed by atoms with van der Waals surface area (Å²) >= 11 is 0. The highest BCUT2D eigenvalue weighted by Crippen LogP contribution is 2.22. The van der Waals surface area contributed by atoms with Gasteiger partial charge in [0.05, 0.1) is 6.42 Å². The molecule has 1 nitrogen and oxygen atoms in total. The Morgan fingerprint density at radius 1 is 1.14 bits per heavy atom. The summed E-state index contributed by atoms with van der Waals surface area (Å²) in [4.78, 5) is 0. The summed E-state index contributed by atoms with van der Waals surface area (Å²) in [5, 5.41) is 3.00. The van der Waals surface area contributed by atoms with Crippen LogP contribution in [0.1, 0.15) is 40.5 Å². The van der Waals surface area contributed by atoms with Gasteiger partial charge in [0.25, 0.3) is 0 Å². The zero-order valence-corrected chi connectivity index (χ0v) is 9.28. The summed E-state index contributed by atoms with van der Waals surface area (Å²) in [6.07, 6.45) is -3.96. The van der Waals surface area contributed by atoms with E-state index in [1.165, 1.54) is 0 Å². The van der Waals surface area contributed by atoms with Gasteiger partial charge < -0.3 is 5.32 Å². The third kappa shape index (κ3) is 6.24. The Morgan fingerprint density at radius 2 is 1.64 bits per heavy atom. The highest BCUT2D eigenvalue weighted by Gasteiger charge is 2.30. The quantitative estimate of drug-likeness (QED) is 0.735. The molecule has 0 spiro atoms. The largest absolute Gasteiger partial charge is 0.390 e. The van der Waals surface area contributed by atoms with E-state index in [0.29, 0.717) is 5.92 Å². The van der Waals surface area contributed by atoms with E-state index >= 15 is 0 Å². The highest BCUT2D eigenvalue weighted by atomic mass is 19.4. The molecule has 0 aliphatic heterocycles. The Hall–Kier alpha value is -0.250. The van der Waals surface area contributed by atoms with Gasteiger partial charge in [0, 0.05) is 12.1 Å². The predicted octanol–water partition coefficient (Wildman–Crippen LogP) is 3.35. The Labute approximate surface area is 84.1 Å². The lowest BCUT2D eigenvalue weighted by molar-refractivity contribution is -0.139. The van der Waals surface area contributed by atoms with Crippen LogP contribution in [-0.2, 0) is 0 Å². The zero-order chi connectivity index (χ0) is 11.4. The molecular weight excluding hydrogens is 191 g/mol. The van der Waals surface area contributed by atoms with Gasteiger partial charge in [-0.25, -0.2) is 0 Å². The first-order chi connectivity index (χ1) is 6.26. The molecule has 0 aromatic rings. The van der Waals surface area contributed by atoms with Crippen molar-refractivity contribution in [1.29, 1.82) is 0 Å². The minimum atomic E-state index is -4.07. The van der Waals surface area contributed by atoms with Crippen LogP contribution in [0.3, 0.4) is 0 Å². The Kier molecular flexibility index (Phi) is 5.49. The summed E-state index contributed by atoms with van der Waals surface area (Å²) in [6, 6.07) is -0.324. The van der Waals surface area contributed by atoms with Crippen LogP contribution in [0.5, 0.6) is 0 Å². The van der Waals surface area contributed by atoms with Crippen LogP contribution in [0.4, 0.5) is 13.2 Å². The highest BCUT2D eigenvalue weighted by molar-refractivity contribution is 4.74. The van der Waals surface area contributed by atoms with Crippen molar-refractivity contribution in [3.63, 3.8) is 0 Å². The molecule has 2 atom stereocenters. The molecule has 0 saturated carbocycles. The van der Waals surface area contributed by atoms with E-state index in [-0.39, 0.29) is 6.04 Å². The molecule has 0 fully saturated rings. The molecule has 14 heavy (non-hydrogen) atoms. The first-order valence-electron chi connectivity index (χ1n) is 5.09. The monoisotopic (exact) mass is 211 g/mol. The maximum absolute atomic E-state index is 12.0. The summed E-state index contributed by atoms with van der Waals surface area (Å²) in [7, 11) is 0. The third-order valence-corrected chi connectivity index (χ3v) is 2.28. The molecule has 2 unspecified atom stereocenters. The Bertz CT molecular complexity index is 154. The molecule has 0 aromatic heterocycles. The van der Waals surface area contributed by atoms with Crippen LogP contribution in [0.2, 0.25) is 0 Å². The number of halogens is 3. The van der Waals surface area contributed by atoms with Gasteiger partial charge in [0.2, 0.25) is 0 Å². The fraction of sp³-hybridized carbons (Fsp3) is 1.00. The van der Waals surface area contributed by atoms with E-state index in [4.69, 9.17) is 0 Å². The van der Waals surface area contributed by atoms with E-state index in [1.807, 2.05) is 20.8 Å². The molecule has 4 heteroatoms. The first kappa shape index (κ1) is 13.8. The van der Waals surface area contributed by atoms with Crippen molar-refractivity contribution in [3.8, 4) is 0 Å². The molecule has 0 aromatic carbocycles. The molecule has 0 heterocycles. The number of nitrogens with one attached hydrogen (secondary N) is 1. The standard InChI is InChI=1S/C10H20F3N/c1-5-9(7(2)3)14-8(4)6-10(11,12)13/h7-9,14H,5-6H2,1-4H3. The second-order valence-corrected chi connectivity index (χ2v) is 4.15. The topological polar surface area (TPSA) is 12.0 Å². The fourth-order valence-corrected chi connectivity index (χ4v) is 1.55. The lowest BCUT2D eigenvalue weighted by Gasteiger charge is -2.25. The number of hydrogen-bond acceptors (Lipinski definition) is 1. The van der Waals surface area contributed by atoms with Crippen LogP contribution in [0, 0.1) is 5.92 Å². The molecule has 0 aliphatic carbocycles. The fourth-order valence-electron chi connectivity index (χ4n) is 1.55. The minimum Gasteiger partial charge on any atom is -0.311 e. The first-order valence-corrected chi connectivity index (χ1v) is 5.09. The van der Waals surface area contributed by atoms with Gasteiger partial charge in [0.1, 0.15) is 0 Å². The van der Waals surface area contributed by atoms with Crippen LogP contribution in [-0.4, -0.2) is 18.3 Å². The van der Waals surface area contributed by atoms with Crippen LogP contribution < -0.4 is 5.32 Å². The molecule has 0 rings (SSSR count). The SMILES string of the molecule is CCC(NC(C)CC(F)(F)F)C(C)C. The molecular formula is C10H20F3N. The summed E-state index contributed by atoms with van der Waals surface area (Å²) in [6.45, 7) is 7.60. The van der Waals surface area contributed by atoms with Crippen LogP contribution in [0.25, 0.3) is 0 Å². The van der Waals surface area contributed by atoms with E-state index in [0.717, 1.165) is 6.42 Å². The van der Waals surface area contributed by atoms with Crippen molar-refractivity contribution in [2.45, 2.75) is 58.8 Å². The van der Waals surface area contributed by atoms with Crippen molar-refractivity contribution in [2.24, 2.45) is 5.92 Å². The van der Waals surface area contributed by atoms with Crippen molar-refractivity contribution < 1.29 is 13.2 Å². The summed E-state index contributed by atoms with van der Waals surface area (Å²) in [5.74, 6) is 0.371. The molecule has 0 bridgehead atoms. The van der Waals surface area contributed by atoms with Crippen molar-refractivity contribution in [2.75, 3.05) is 0 Å². The van der Waals surface area contributed by atoms with Crippen molar-refractivity contribution in [3.05, 3.63) is 0 Å². The van der Waals surface area contributed by atoms with E-state index in [9.17, 15) is 13.2 Å². The summed E-state index contributed by atoms with van der Waals surface area (Å²) in [5.41, 5.74) is 0. The molecule has 0 saturated heterocycles. The third-order valence-electron chi connectivity index (χ3n) is 2.28. The number of hydrogen-bond donors (Lipinski definition) is 1. The second kappa shape index (κ2) is 5.59. The average Bonchev–Trinajstić information content (AvgIpc) is 1.96. The lowest BCUT2D eigenvalue weighted by atomic mass is 10.0. The van der Waals surface area contributed by atoms with Crippen molar-refractivity contribution in [1.82, 2.24) is 5.32 Å². The van der Waals surface area contributed by atoms with Gasteiger partial charge in [-0.2, -0.15) is 13.2 Å². The molecule has 0 radical (unpaired) electrons. The van der Waals surface area contributed by atoms with E-state index in [1.54, 1.807) is 6.92 Å². The van der Waals surface area contributed by atoms with Gasteiger partial charge in [-0.1, -0.05) is 20.8 Å². The van der Waals surface area contributed by atoms with Crippen molar-refractivity contribution >= 4 is 0 Å². The zero-order valence-electron chi connectivity index (χ0n) is 9.28. The van der Waals surface area contributed by atoms with Gasteiger partial charge >= 0.3 is 6.18 Å². The average molecular weight is 211 g/mol. The Morgan fingerprint density at radius 3 is 1.93 bits per heavy atom. The minimum absolute atomic E-state index is 0.173. The molecule has 1 N–H and O–H groups in total. The second-order valence-electron chi connectivity index (χ2n) is 4.15. The molecule has 0 amide bonds. The van der Waals surface area contributed by atoms with Gasteiger partial charge in [0.15, 0.2) is 0 Å². The smallest absolute Gasteiger partial charge is 0.311 e. The Balaban J connectivity index is 3.97. The molecule has 0 aliphatic rings. The number of alkyl halides is 3. The lowest BCUT2D eigenvalue weighted by Crippen LogP contribution is -2.41. The van der Waals surface area contributed by atoms with Crippen LogP contribution in [0.15, 0.2) is 0 Å². The molecule has 86 valence electrons. The van der Waals surface area contributed by atoms with E-state index < -0.39 is 18.6 Å². The van der Waals surface area contributed by atoms with E-state index in [2.05, 4.69) is 5.32 Å². The van der Waals surface area contributed by atoms with Gasteiger partial charge in [-0.05, 0) is 19.3 Å². The normalized spacial score (nSPS) is 17.1. The number of rotatable bonds is 5. The van der Waals surface area contributed by atoms with Crippen LogP contribution >= 0.6 is 0 Å². The van der Waals surface area contributed by atoms with Gasteiger partial charge in [-0.3, -0.25) is 0 Å². The maximum atomic E-state index is 12.0. The maximum Gasteiger partial charge on any atom is 0.390 e. The predicted molar refractivity (Wildman–Crippen MR) is 52.2 cm³/mol. The van der Waals surface area contributed by atoms with Gasteiger partial charge in [-0.15, -0.1) is 0 Å².